The van der Waals surface area contributed by atoms with Crippen LogP contribution in [-0.4, -0.2) is 82.9 Å². The van der Waals surface area contributed by atoms with Gasteiger partial charge in [0.25, 0.3) is 5.56 Å². The minimum absolute atomic E-state index is 0.123. The van der Waals surface area contributed by atoms with Crippen LogP contribution in [0.1, 0.15) is 99.9 Å². The first-order chi connectivity index (χ1) is 27.2. The average molecular weight is 779 g/mol. The largest absolute Gasteiger partial charge is 0.366 e. The van der Waals surface area contributed by atoms with Crippen molar-refractivity contribution >= 4 is 51.6 Å². The van der Waals surface area contributed by atoms with E-state index in [9.17, 15) is 23.6 Å². The second kappa shape index (κ2) is 15.0. The van der Waals surface area contributed by atoms with Gasteiger partial charge in [-0.15, -0.1) is 0 Å². The number of benzene rings is 3. The van der Waals surface area contributed by atoms with Gasteiger partial charge < -0.3 is 14.7 Å². The molecule has 0 unspecified atom stereocenters. The van der Waals surface area contributed by atoms with Gasteiger partial charge in [-0.25, -0.2) is 4.39 Å². The van der Waals surface area contributed by atoms with Crippen molar-refractivity contribution in [2.75, 3.05) is 55.6 Å². The van der Waals surface area contributed by atoms with Gasteiger partial charge in [0, 0.05) is 45.4 Å². The molecule has 0 atom stereocenters. The normalized spacial score (nSPS) is 20.2. The number of carbonyl (C=O) groups excluding carboxylic acids is 3. The number of anilines is 2. The van der Waals surface area contributed by atoms with Crippen LogP contribution in [0.25, 0.3) is 16.6 Å². The van der Waals surface area contributed by atoms with Gasteiger partial charge in [-0.3, -0.25) is 28.6 Å². The first kappa shape index (κ1) is 37.0. The molecule has 4 fully saturated rings. The quantitative estimate of drug-likeness (QED) is 0.185. The predicted octanol–water partition coefficient (Wildman–Crippen LogP) is 7.09. The summed E-state index contributed by atoms with van der Waals surface area (Å²) in [6.07, 6.45) is 9.95. The monoisotopic (exact) mass is 778 g/mol. The van der Waals surface area contributed by atoms with Crippen LogP contribution >= 0.6 is 11.6 Å². The highest BCUT2D eigenvalue weighted by Gasteiger charge is 2.46. The maximum Gasteiger partial charge on any atom is 0.282 e. The van der Waals surface area contributed by atoms with Crippen LogP contribution in [-0.2, 0) is 19.8 Å². The molecule has 0 N–H and O–H groups in total. The summed E-state index contributed by atoms with van der Waals surface area (Å²) in [5, 5.41) is 0.927. The number of carbonyl (C=O) groups is 3. The number of fused-ring (bicyclic) bond motifs is 7. The van der Waals surface area contributed by atoms with Crippen LogP contribution in [0.2, 0.25) is 5.02 Å². The molecule has 10 nitrogen and oxygen atoms in total. The fourth-order valence-corrected chi connectivity index (χ4v) is 10.4. The van der Waals surface area contributed by atoms with Crippen molar-refractivity contribution in [3.63, 3.8) is 0 Å². The molecule has 1 aliphatic carbocycles. The molecule has 3 saturated heterocycles. The van der Waals surface area contributed by atoms with Crippen molar-refractivity contribution in [1.29, 1.82) is 0 Å². The molecule has 0 radical (unpaired) electrons. The van der Waals surface area contributed by atoms with Gasteiger partial charge >= 0.3 is 0 Å². The van der Waals surface area contributed by atoms with Crippen LogP contribution in [0, 0.1) is 5.82 Å². The zero-order valence-corrected chi connectivity index (χ0v) is 32.5. The second-order valence-electron chi connectivity index (χ2n) is 16.3. The fourth-order valence-electron chi connectivity index (χ4n) is 10.2. The lowest BCUT2D eigenvalue weighted by molar-refractivity contribution is -0.132. The number of halogens is 2. The standard InChI is InChI=1S/C44H48ClFN6O4/c45-33-7-4-8-35-41(33)42(56)47-43-44(18-2-1-3-19-44)32-14-12-30(27-36(32)52(35)43)29-16-21-48(22-17-29)20-6-11-38(53)50-25-23-49(24-26-50)37-28-31(13-15-34(37)46)51-39(54)9-5-10-40(51)55/h4,7-8,12-15,27-29H,1-3,5-6,9-11,16-26H2. The van der Waals surface area contributed by atoms with Crippen LogP contribution in [0.3, 0.4) is 0 Å². The van der Waals surface area contributed by atoms with E-state index in [0.717, 1.165) is 81.6 Å². The summed E-state index contributed by atoms with van der Waals surface area (Å²) >= 11 is 6.58. The van der Waals surface area contributed by atoms with Crippen molar-refractivity contribution in [1.82, 2.24) is 19.4 Å². The highest BCUT2D eigenvalue weighted by molar-refractivity contribution is 6.35. The smallest absolute Gasteiger partial charge is 0.282 e. The summed E-state index contributed by atoms with van der Waals surface area (Å²) in [7, 11) is 0. The number of piperidine rings is 2. The van der Waals surface area contributed by atoms with Crippen molar-refractivity contribution in [3.8, 4) is 5.69 Å². The number of aromatic nitrogens is 2. The van der Waals surface area contributed by atoms with E-state index < -0.39 is 5.82 Å². The van der Waals surface area contributed by atoms with E-state index in [0.29, 0.717) is 79.6 Å². The maximum absolute atomic E-state index is 15.0. The fraction of sp³-hybridized carbons (Fsp3) is 0.477. The number of hydrogen-bond acceptors (Lipinski definition) is 7. The number of likely N-dealkylation sites (tertiary alicyclic amines) is 1. The van der Waals surface area contributed by atoms with Crippen LogP contribution in [0.15, 0.2) is 59.4 Å². The van der Waals surface area contributed by atoms with Gasteiger partial charge in [0.15, 0.2) is 0 Å². The molecular formula is C44H48ClFN6O4. The van der Waals surface area contributed by atoms with Gasteiger partial charge in [-0.2, -0.15) is 4.98 Å². The van der Waals surface area contributed by atoms with Gasteiger partial charge in [-0.1, -0.05) is 49.1 Å². The van der Waals surface area contributed by atoms with Crippen LogP contribution < -0.4 is 15.4 Å². The third-order valence-corrected chi connectivity index (χ3v) is 13.5. The van der Waals surface area contributed by atoms with E-state index in [1.54, 1.807) is 12.1 Å². The maximum atomic E-state index is 15.0. The van der Waals surface area contributed by atoms with E-state index in [2.05, 4.69) is 27.7 Å². The molecule has 4 aliphatic heterocycles. The number of hydrogen-bond donors (Lipinski definition) is 0. The van der Waals surface area contributed by atoms with E-state index in [-0.39, 0.29) is 28.7 Å². The van der Waals surface area contributed by atoms with E-state index in [4.69, 9.17) is 16.6 Å². The Labute approximate surface area is 331 Å². The summed E-state index contributed by atoms with van der Waals surface area (Å²) in [4.78, 5) is 63.7. The van der Waals surface area contributed by atoms with Gasteiger partial charge in [0.05, 0.1) is 38.4 Å². The lowest BCUT2D eigenvalue weighted by Crippen LogP contribution is -2.49. The Bertz CT molecular complexity index is 2260. The topological polar surface area (TPSA) is 99.1 Å². The molecule has 0 bridgehead atoms. The first-order valence-corrected chi connectivity index (χ1v) is 20.9. The van der Waals surface area contributed by atoms with Gasteiger partial charge in [0.2, 0.25) is 17.7 Å². The molecule has 4 aromatic rings. The molecular weight excluding hydrogens is 731 g/mol. The number of rotatable bonds is 7. The second-order valence-corrected chi connectivity index (χ2v) is 16.7. The summed E-state index contributed by atoms with van der Waals surface area (Å²) in [6.45, 7) is 4.78. The molecule has 5 aliphatic rings. The minimum atomic E-state index is -0.405. The van der Waals surface area contributed by atoms with E-state index in [1.165, 1.54) is 34.6 Å². The van der Waals surface area contributed by atoms with E-state index >= 15 is 0 Å². The Kier molecular flexibility index (Phi) is 9.94. The molecule has 1 aromatic heterocycles. The summed E-state index contributed by atoms with van der Waals surface area (Å²) in [6, 6.07) is 17.1. The molecule has 9 rings (SSSR count). The average Bonchev–Trinajstić information content (AvgIpc) is 3.46. The Morgan fingerprint density at radius 1 is 0.839 bits per heavy atom. The number of amides is 3. The van der Waals surface area contributed by atoms with Crippen LogP contribution in [0.4, 0.5) is 15.8 Å². The summed E-state index contributed by atoms with van der Waals surface area (Å²) in [5.41, 5.74) is 4.87. The van der Waals surface area contributed by atoms with Crippen molar-refractivity contribution < 1.29 is 18.8 Å². The Morgan fingerprint density at radius 2 is 1.59 bits per heavy atom. The van der Waals surface area contributed by atoms with Crippen LogP contribution in [0.5, 0.6) is 0 Å². The molecule has 12 heteroatoms. The third kappa shape index (κ3) is 6.50. The van der Waals surface area contributed by atoms with Gasteiger partial charge in [0.1, 0.15) is 11.6 Å². The zero-order chi connectivity index (χ0) is 38.6. The number of nitrogens with zero attached hydrogens (tertiary/aromatic N) is 6. The predicted molar refractivity (Wildman–Crippen MR) is 215 cm³/mol. The van der Waals surface area contributed by atoms with Crippen molar-refractivity contribution in [3.05, 3.63) is 92.7 Å². The highest BCUT2D eigenvalue weighted by atomic mass is 35.5. The molecule has 56 heavy (non-hydrogen) atoms. The number of piperazine rings is 1. The molecule has 5 heterocycles. The highest BCUT2D eigenvalue weighted by Crippen LogP contribution is 2.52. The molecule has 1 saturated carbocycles. The zero-order valence-electron chi connectivity index (χ0n) is 31.8. The van der Waals surface area contributed by atoms with Crippen molar-refractivity contribution in [2.24, 2.45) is 0 Å². The van der Waals surface area contributed by atoms with Gasteiger partial charge in [-0.05, 0) is 112 Å². The lowest BCUT2D eigenvalue weighted by Gasteiger charge is -2.37. The molecule has 1 spiro atoms. The Hall–Kier alpha value is -4.61. The molecule has 292 valence electrons. The SMILES string of the molecule is O=C(CCCN1CCC(c2ccc3c(c2)-n2c(nc(=O)c4c(Cl)cccc42)C32CCCCC2)CC1)N1CCN(c2cc(N3C(=O)CCCC3=O)ccc2F)CC1. The Morgan fingerprint density at radius 3 is 2.34 bits per heavy atom. The summed E-state index contributed by atoms with van der Waals surface area (Å²) < 4.78 is 17.2. The number of imide groups is 1. The molecule has 3 aromatic carbocycles. The Balaban J connectivity index is 0.799. The summed E-state index contributed by atoms with van der Waals surface area (Å²) in [5.74, 6) is 0.509. The third-order valence-electron chi connectivity index (χ3n) is 13.1. The first-order valence-electron chi connectivity index (χ1n) is 20.5. The van der Waals surface area contributed by atoms with E-state index in [1.807, 2.05) is 21.9 Å². The minimum Gasteiger partial charge on any atom is -0.366 e. The van der Waals surface area contributed by atoms with Crippen molar-refractivity contribution in [2.45, 2.75) is 88.4 Å². The lowest BCUT2D eigenvalue weighted by atomic mass is 9.69. The molecule has 3 amide bonds.